The summed E-state index contributed by atoms with van der Waals surface area (Å²) < 4.78 is 43.1. The van der Waals surface area contributed by atoms with E-state index in [1.54, 1.807) is 6.07 Å². The van der Waals surface area contributed by atoms with Gasteiger partial charge in [-0.3, -0.25) is 4.90 Å². The van der Waals surface area contributed by atoms with E-state index in [0.717, 1.165) is 35.9 Å². The SMILES string of the molecule is Cc1ccc(C(CN2CCOCC2)NS(=O)(=O)c2ccc(Cl)c3nsnc23)cc1. The molecule has 2 heterocycles. The van der Waals surface area contributed by atoms with Gasteiger partial charge in [-0.15, -0.1) is 0 Å². The lowest BCUT2D eigenvalue weighted by molar-refractivity contribution is 0.0345. The Balaban J connectivity index is 1.67. The highest BCUT2D eigenvalue weighted by molar-refractivity contribution is 7.89. The Bertz CT molecular complexity index is 1100. The largest absolute Gasteiger partial charge is 0.379 e. The average Bonchev–Trinajstić information content (AvgIpc) is 3.19. The van der Waals surface area contributed by atoms with Crippen LogP contribution in [0.5, 0.6) is 0 Å². The highest BCUT2D eigenvalue weighted by Crippen LogP contribution is 2.29. The first-order chi connectivity index (χ1) is 13.9. The molecule has 2 aromatic carbocycles. The molecular weight excluding hydrogens is 432 g/mol. The lowest BCUT2D eigenvalue weighted by Crippen LogP contribution is -2.43. The topological polar surface area (TPSA) is 84.4 Å². The summed E-state index contributed by atoms with van der Waals surface area (Å²) in [4.78, 5) is 2.29. The number of hydrogen-bond donors (Lipinski definition) is 1. The Labute approximate surface area is 179 Å². The Hall–Kier alpha value is -1.62. The van der Waals surface area contributed by atoms with Gasteiger partial charge < -0.3 is 4.74 Å². The number of benzene rings is 2. The van der Waals surface area contributed by atoms with E-state index >= 15 is 0 Å². The smallest absolute Gasteiger partial charge is 0.243 e. The zero-order valence-electron chi connectivity index (χ0n) is 15.8. The molecule has 0 aliphatic carbocycles. The number of fused-ring (bicyclic) bond motifs is 1. The predicted octanol–water partition coefficient (Wildman–Crippen LogP) is 3.00. The minimum Gasteiger partial charge on any atom is -0.379 e. The third kappa shape index (κ3) is 4.60. The maximum atomic E-state index is 13.3. The van der Waals surface area contributed by atoms with Crippen molar-refractivity contribution in [2.45, 2.75) is 17.9 Å². The molecule has 3 aromatic rings. The van der Waals surface area contributed by atoms with Crippen LogP contribution in [0.15, 0.2) is 41.3 Å². The first-order valence-corrected chi connectivity index (χ1v) is 11.8. The lowest BCUT2D eigenvalue weighted by Gasteiger charge is -2.31. The normalized spacial score (nSPS) is 16.9. The Morgan fingerprint density at radius 2 is 1.83 bits per heavy atom. The van der Waals surface area contributed by atoms with Crippen molar-refractivity contribution in [1.29, 1.82) is 0 Å². The molecule has 0 radical (unpaired) electrons. The van der Waals surface area contributed by atoms with Crippen LogP contribution in [0, 0.1) is 6.92 Å². The molecule has 154 valence electrons. The summed E-state index contributed by atoms with van der Waals surface area (Å²) in [5.41, 5.74) is 2.73. The number of aryl methyl sites for hydroxylation is 1. The summed E-state index contributed by atoms with van der Waals surface area (Å²) >= 11 is 7.08. The van der Waals surface area contributed by atoms with E-state index in [1.165, 1.54) is 6.07 Å². The van der Waals surface area contributed by atoms with Gasteiger partial charge in [-0.25, -0.2) is 13.1 Å². The highest BCUT2D eigenvalue weighted by atomic mass is 35.5. The summed E-state index contributed by atoms with van der Waals surface area (Å²) in [7, 11) is -3.84. The number of nitrogens with one attached hydrogen (secondary N) is 1. The monoisotopic (exact) mass is 452 g/mol. The second kappa shape index (κ2) is 8.63. The quantitative estimate of drug-likeness (QED) is 0.618. The van der Waals surface area contributed by atoms with Crippen molar-refractivity contribution in [3.63, 3.8) is 0 Å². The number of nitrogens with zero attached hydrogens (tertiary/aromatic N) is 3. The number of sulfonamides is 1. The number of hydrogen-bond acceptors (Lipinski definition) is 7. The first kappa shape index (κ1) is 20.6. The summed E-state index contributed by atoms with van der Waals surface area (Å²) in [6, 6.07) is 10.5. The van der Waals surface area contributed by atoms with E-state index in [-0.39, 0.29) is 4.90 Å². The Morgan fingerprint density at radius 3 is 2.55 bits per heavy atom. The zero-order valence-corrected chi connectivity index (χ0v) is 18.2. The van der Waals surface area contributed by atoms with Crippen LogP contribution >= 0.6 is 23.3 Å². The van der Waals surface area contributed by atoms with Gasteiger partial charge in [0.1, 0.15) is 15.9 Å². The molecule has 29 heavy (non-hydrogen) atoms. The standard InChI is InChI=1S/C19H21ClN4O3S2/c1-13-2-4-14(5-3-13)16(12-24-8-10-27-11-9-24)23-29(25,26)17-7-6-15(20)18-19(17)22-28-21-18/h2-7,16,23H,8-12H2,1H3. The van der Waals surface area contributed by atoms with Crippen LogP contribution in [-0.2, 0) is 14.8 Å². The van der Waals surface area contributed by atoms with Crippen LogP contribution in [0.1, 0.15) is 17.2 Å². The third-order valence-corrected chi connectivity index (χ3v) is 7.28. The van der Waals surface area contributed by atoms with Crippen LogP contribution in [0.3, 0.4) is 0 Å². The lowest BCUT2D eigenvalue weighted by atomic mass is 10.1. The van der Waals surface area contributed by atoms with E-state index in [1.807, 2.05) is 31.2 Å². The average molecular weight is 453 g/mol. The van der Waals surface area contributed by atoms with E-state index in [4.69, 9.17) is 16.3 Å². The summed E-state index contributed by atoms with van der Waals surface area (Å²) in [6.07, 6.45) is 0. The second-order valence-electron chi connectivity index (χ2n) is 7.00. The molecule has 1 aromatic heterocycles. The third-order valence-electron chi connectivity index (χ3n) is 4.94. The number of morpholine rings is 1. The molecule has 1 fully saturated rings. The van der Waals surface area contributed by atoms with Crippen LogP contribution in [0.4, 0.5) is 0 Å². The van der Waals surface area contributed by atoms with Gasteiger partial charge >= 0.3 is 0 Å². The van der Waals surface area contributed by atoms with E-state index in [9.17, 15) is 8.42 Å². The number of ether oxygens (including phenoxy) is 1. The van der Waals surface area contributed by atoms with Crippen molar-refractivity contribution in [2.75, 3.05) is 32.8 Å². The fourth-order valence-corrected chi connectivity index (χ4v) is 5.57. The number of rotatable bonds is 6. The van der Waals surface area contributed by atoms with Gasteiger partial charge in [-0.05, 0) is 24.6 Å². The van der Waals surface area contributed by atoms with Crippen molar-refractivity contribution in [3.05, 3.63) is 52.5 Å². The van der Waals surface area contributed by atoms with Crippen molar-refractivity contribution < 1.29 is 13.2 Å². The second-order valence-corrected chi connectivity index (χ2v) is 9.62. The van der Waals surface area contributed by atoms with E-state index in [0.29, 0.717) is 35.8 Å². The van der Waals surface area contributed by atoms with Gasteiger partial charge in [0, 0.05) is 19.6 Å². The fourth-order valence-electron chi connectivity index (χ4n) is 3.33. The van der Waals surface area contributed by atoms with Gasteiger partial charge in [-0.2, -0.15) is 8.75 Å². The molecule has 1 N–H and O–H groups in total. The summed E-state index contributed by atoms with van der Waals surface area (Å²) in [5, 5.41) is 0.385. The van der Waals surface area contributed by atoms with Crippen LogP contribution in [0.25, 0.3) is 11.0 Å². The zero-order chi connectivity index (χ0) is 20.4. The predicted molar refractivity (Wildman–Crippen MR) is 114 cm³/mol. The maximum Gasteiger partial charge on any atom is 0.243 e. The molecule has 0 bridgehead atoms. The first-order valence-electron chi connectivity index (χ1n) is 9.24. The van der Waals surface area contributed by atoms with Gasteiger partial charge in [0.25, 0.3) is 0 Å². The molecule has 1 aliphatic rings. The molecule has 1 atom stereocenters. The van der Waals surface area contributed by atoms with Crippen LogP contribution < -0.4 is 4.72 Å². The summed E-state index contributed by atoms with van der Waals surface area (Å²) in [5.74, 6) is 0. The van der Waals surface area contributed by atoms with Crippen molar-refractivity contribution in [2.24, 2.45) is 0 Å². The molecule has 0 spiro atoms. The van der Waals surface area contributed by atoms with Crippen molar-refractivity contribution in [3.8, 4) is 0 Å². The molecule has 7 nitrogen and oxygen atoms in total. The van der Waals surface area contributed by atoms with Gasteiger partial charge in [0.15, 0.2) is 0 Å². The Kier molecular flexibility index (Phi) is 6.14. The van der Waals surface area contributed by atoms with Crippen LogP contribution in [-0.4, -0.2) is 54.9 Å². The minimum absolute atomic E-state index is 0.0877. The highest BCUT2D eigenvalue weighted by Gasteiger charge is 2.27. The molecule has 0 saturated carbocycles. The Morgan fingerprint density at radius 1 is 1.14 bits per heavy atom. The van der Waals surface area contributed by atoms with Gasteiger partial charge in [0.2, 0.25) is 10.0 Å². The molecule has 1 aliphatic heterocycles. The van der Waals surface area contributed by atoms with E-state index < -0.39 is 16.1 Å². The minimum atomic E-state index is -3.84. The summed E-state index contributed by atoms with van der Waals surface area (Å²) in [6.45, 7) is 5.39. The molecule has 0 amide bonds. The number of aromatic nitrogens is 2. The van der Waals surface area contributed by atoms with E-state index in [2.05, 4.69) is 18.4 Å². The molecule has 1 unspecified atom stereocenters. The van der Waals surface area contributed by atoms with Gasteiger partial charge in [-0.1, -0.05) is 41.4 Å². The fraction of sp³-hybridized carbons (Fsp3) is 0.368. The molecular formula is C19H21ClN4O3S2. The van der Waals surface area contributed by atoms with Gasteiger partial charge in [0.05, 0.1) is 36.0 Å². The molecule has 4 rings (SSSR count). The molecule has 10 heteroatoms. The van der Waals surface area contributed by atoms with Crippen molar-refractivity contribution in [1.82, 2.24) is 18.4 Å². The molecule has 1 saturated heterocycles. The number of halogens is 1. The van der Waals surface area contributed by atoms with Crippen LogP contribution in [0.2, 0.25) is 5.02 Å². The maximum absolute atomic E-state index is 13.3. The van der Waals surface area contributed by atoms with Crippen molar-refractivity contribution >= 4 is 44.4 Å².